The Morgan fingerprint density at radius 3 is 2.77 bits per heavy atom. The van der Waals surface area contributed by atoms with Crippen molar-refractivity contribution in [1.29, 1.82) is 0 Å². The standard InChI is InChI=1S/C10H21N3/c1-3-5-6-7-9(4-2)13-10(12)8-11/h3,8-9,13H,1,4-7,11-12H2,2H3/b10-8+. The second-order valence-corrected chi connectivity index (χ2v) is 3.09. The van der Waals surface area contributed by atoms with Crippen molar-refractivity contribution in [2.45, 2.75) is 38.6 Å². The summed E-state index contributed by atoms with van der Waals surface area (Å²) >= 11 is 0. The molecular formula is C10H21N3. The lowest BCUT2D eigenvalue weighted by Gasteiger charge is -2.17. The van der Waals surface area contributed by atoms with Crippen molar-refractivity contribution in [2.75, 3.05) is 0 Å². The van der Waals surface area contributed by atoms with Gasteiger partial charge in [-0.15, -0.1) is 6.58 Å². The molecule has 1 unspecified atom stereocenters. The molecule has 0 spiro atoms. The summed E-state index contributed by atoms with van der Waals surface area (Å²) in [7, 11) is 0. The highest BCUT2D eigenvalue weighted by Gasteiger charge is 2.04. The van der Waals surface area contributed by atoms with E-state index in [2.05, 4.69) is 18.8 Å². The lowest BCUT2D eigenvalue weighted by atomic mass is 10.1. The summed E-state index contributed by atoms with van der Waals surface area (Å²) < 4.78 is 0. The molecule has 3 nitrogen and oxygen atoms in total. The van der Waals surface area contributed by atoms with Gasteiger partial charge in [0.05, 0.1) is 0 Å². The molecule has 0 amide bonds. The van der Waals surface area contributed by atoms with Crippen molar-refractivity contribution in [1.82, 2.24) is 5.32 Å². The highest BCUT2D eigenvalue weighted by atomic mass is 15.0. The van der Waals surface area contributed by atoms with Crippen LogP contribution in [-0.4, -0.2) is 6.04 Å². The molecule has 0 radical (unpaired) electrons. The van der Waals surface area contributed by atoms with Crippen molar-refractivity contribution >= 4 is 0 Å². The monoisotopic (exact) mass is 183 g/mol. The Morgan fingerprint density at radius 2 is 2.31 bits per heavy atom. The second-order valence-electron chi connectivity index (χ2n) is 3.09. The van der Waals surface area contributed by atoms with Crippen molar-refractivity contribution in [3.8, 4) is 0 Å². The maximum Gasteiger partial charge on any atom is 0.112 e. The van der Waals surface area contributed by atoms with Crippen LogP contribution in [0.15, 0.2) is 24.7 Å². The summed E-state index contributed by atoms with van der Waals surface area (Å²) in [6.45, 7) is 5.82. The van der Waals surface area contributed by atoms with E-state index in [0.29, 0.717) is 11.9 Å². The Bertz CT molecular complexity index is 164. The van der Waals surface area contributed by atoms with Crippen LogP contribution in [0.2, 0.25) is 0 Å². The van der Waals surface area contributed by atoms with Gasteiger partial charge in [-0.2, -0.15) is 0 Å². The van der Waals surface area contributed by atoms with Gasteiger partial charge >= 0.3 is 0 Å². The largest absolute Gasteiger partial charge is 0.402 e. The van der Waals surface area contributed by atoms with E-state index in [9.17, 15) is 0 Å². The SMILES string of the molecule is C=CCCCC(CC)N/C(N)=C/N. The number of allylic oxidation sites excluding steroid dienone is 1. The molecule has 0 aliphatic heterocycles. The van der Waals surface area contributed by atoms with E-state index in [1.165, 1.54) is 6.20 Å². The van der Waals surface area contributed by atoms with Gasteiger partial charge in [0.25, 0.3) is 0 Å². The number of unbranched alkanes of at least 4 members (excludes halogenated alkanes) is 1. The van der Waals surface area contributed by atoms with E-state index < -0.39 is 0 Å². The molecule has 0 heterocycles. The Balaban J connectivity index is 3.68. The van der Waals surface area contributed by atoms with E-state index in [1.807, 2.05) is 6.08 Å². The fourth-order valence-electron chi connectivity index (χ4n) is 1.17. The molecule has 0 aromatic heterocycles. The van der Waals surface area contributed by atoms with E-state index in [0.717, 1.165) is 25.7 Å². The smallest absolute Gasteiger partial charge is 0.112 e. The zero-order valence-electron chi connectivity index (χ0n) is 8.42. The van der Waals surface area contributed by atoms with Gasteiger partial charge in [0.15, 0.2) is 0 Å². The molecule has 5 N–H and O–H groups in total. The summed E-state index contributed by atoms with van der Waals surface area (Å²) in [6, 6.07) is 0.430. The van der Waals surface area contributed by atoms with Crippen molar-refractivity contribution in [2.24, 2.45) is 11.5 Å². The van der Waals surface area contributed by atoms with Crippen LogP contribution < -0.4 is 16.8 Å². The molecule has 0 aliphatic rings. The average Bonchev–Trinajstić information content (AvgIpc) is 2.16. The predicted molar refractivity (Wildman–Crippen MR) is 57.7 cm³/mol. The third-order valence-electron chi connectivity index (χ3n) is 2.00. The van der Waals surface area contributed by atoms with Crippen molar-refractivity contribution < 1.29 is 0 Å². The first kappa shape index (κ1) is 11.9. The molecule has 0 bridgehead atoms. The van der Waals surface area contributed by atoms with Gasteiger partial charge in [0, 0.05) is 12.2 Å². The van der Waals surface area contributed by atoms with E-state index in [-0.39, 0.29) is 0 Å². The lowest BCUT2D eigenvalue weighted by Crippen LogP contribution is -2.32. The fourth-order valence-corrected chi connectivity index (χ4v) is 1.17. The quantitative estimate of drug-likeness (QED) is 0.413. The van der Waals surface area contributed by atoms with Crippen molar-refractivity contribution in [3.63, 3.8) is 0 Å². The number of rotatable bonds is 7. The second kappa shape index (κ2) is 7.53. The molecule has 0 saturated heterocycles. The maximum atomic E-state index is 5.56. The molecule has 0 fully saturated rings. The molecule has 0 rings (SSSR count). The summed E-state index contributed by atoms with van der Waals surface area (Å²) in [6.07, 6.45) is 7.71. The third-order valence-corrected chi connectivity index (χ3v) is 2.00. The number of hydrogen-bond acceptors (Lipinski definition) is 3. The van der Waals surface area contributed by atoms with Crippen LogP contribution in [0.4, 0.5) is 0 Å². The summed E-state index contributed by atoms with van der Waals surface area (Å²) in [4.78, 5) is 0. The summed E-state index contributed by atoms with van der Waals surface area (Å²) in [5.74, 6) is 0.561. The van der Waals surface area contributed by atoms with Crippen LogP contribution >= 0.6 is 0 Å². The molecule has 0 aromatic rings. The fraction of sp³-hybridized carbons (Fsp3) is 0.600. The van der Waals surface area contributed by atoms with Gasteiger partial charge in [-0.3, -0.25) is 0 Å². The van der Waals surface area contributed by atoms with Gasteiger partial charge in [-0.1, -0.05) is 13.0 Å². The van der Waals surface area contributed by atoms with Crippen LogP contribution in [0.5, 0.6) is 0 Å². The lowest BCUT2D eigenvalue weighted by molar-refractivity contribution is 0.494. The number of nitrogens with one attached hydrogen (secondary N) is 1. The minimum atomic E-state index is 0.430. The van der Waals surface area contributed by atoms with Crippen LogP contribution in [0.25, 0.3) is 0 Å². The minimum absolute atomic E-state index is 0.430. The highest BCUT2D eigenvalue weighted by Crippen LogP contribution is 2.05. The van der Waals surface area contributed by atoms with Crippen LogP contribution in [0, 0.1) is 0 Å². The molecular weight excluding hydrogens is 162 g/mol. The Morgan fingerprint density at radius 1 is 1.62 bits per heavy atom. The minimum Gasteiger partial charge on any atom is -0.402 e. The van der Waals surface area contributed by atoms with Crippen LogP contribution in [-0.2, 0) is 0 Å². The number of nitrogens with two attached hydrogens (primary N) is 2. The highest BCUT2D eigenvalue weighted by molar-refractivity contribution is 4.92. The topological polar surface area (TPSA) is 64.1 Å². The van der Waals surface area contributed by atoms with Gasteiger partial charge < -0.3 is 16.8 Å². The van der Waals surface area contributed by atoms with Crippen LogP contribution in [0.1, 0.15) is 32.6 Å². The van der Waals surface area contributed by atoms with Crippen LogP contribution in [0.3, 0.4) is 0 Å². The molecule has 0 aromatic carbocycles. The molecule has 76 valence electrons. The van der Waals surface area contributed by atoms with E-state index in [1.54, 1.807) is 0 Å². The van der Waals surface area contributed by atoms with Gasteiger partial charge in [-0.25, -0.2) is 0 Å². The Hall–Kier alpha value is -1.12. The zero-order valence-corrected chi connectivity index (χ0v) is 8.42. The molecule has 0 saturated carbocycles. The number of hydrogen-bond donors (Lipinski definition) is 3. The van der Waals surface area contributed by atoms with Gasteiger partial charge in [0.2, 0.25) is 0 Å². The molecule has 0 aliphatic carbocycles. The first-order valence-corrected chi connectivity index (χ1v) is 4.79. The summed E-state index contributed by atoms with van der Waals surface area (Å²) in [5.41, 5.74) is 10.8. The average molecular weight is 183 g/mol. The van der Waals surface area contributed by atoms with E-state index in [4.69, 9.17) is 11.5 Å². The van der Waals surface area contributed by atoms with Gasteiger partial charge in [0.1, 0.15) is 5.82 Å². The molecule has 13 heavy (non-hydrogen) atoms. The zero-order chi connectivity index (χ0) is 10.1. The first-order valence-electron chi connectivity index (χ1n) is 4.79. The maximum absolute atomic E-state index is 5.56. The summed E-state index contributed by atoms with van der Waals surface area (Å²) in [5, 5.41) is 3.15. The van der Waals surface area contributed by atoms with Gasteiger partial charge in [-0.05, 0) is 25.7 Å². The molecule has 3 heteroatoms. The normalized spacial score (nSPS) is 13.8. The first-order chi connectivity index (χ1) is 6.24. The third kappa shape index (κ3) is 6.08. The predicted octanol–water partition coefficient (Wildman–Crippen LogP) is 1.43. The van der Waals surface area contributed by atoms with E-state index >= 15 is 0 Å². The Kier molecular flexibility index (Phi) is 6.88. The van der Waals surface area contributed by atoms with Crippen molar-refractivity contribution in [3.05, 3.63) is 24.7 Å². The molecule has 1 atom stereocenters. The Labute approximate surface area is 80.9 Å².